The van der Waals surface area contributed by atoms with E-state index in [1.54, 1.807) is 11.4 Å². The molecule has 0 radical (unpaired) electrons. The van der Waals surface area contributed by atoms with Crippen LogP contribution in [0.2, 0.25) is 0 Å². The highest BCUT2D eigenvalue weighted by molar-refractivity contribution is 8.85. The van der Waals surface area contributed by atoms with Gasteiger partial charge in [0.2, 0.25) is 0 Å². The van der Waals surface area contributed by atoms with E-state index in [4.69, 9.17) is 10.7 Å². The van der Waals surface area contributed by atoms with Crippen LogP contribution in [0, 0.1) is 17.0 Å². The van der Waals surface area contributed by atoms with Crippen molar-refractivity contribution >= 4 is 29.2 Å². The van der Waals surface area contributed by atoms with Crippen molar-refractivity contribution in [2.75, 3.05) is 0 Å². The number of thiol groups is 1. The van der Waals surface area contributed by atoms with E-state index < -0.39 is 5.61 Å². The molecule has 0 amide bonds. The van der Waals surface area contributed by atoms with Crippen LogP contribution in [0.25, 0.3) is 0 Å². The Morgan fingerprint density at radius 3 is 2.58 bits per heavy atom. The molecule has 4 atom stereocenters. The molecule has 2 aliphatic rings. The predicted octanol–water partition coefficient (Wildman–Crippen LogP) is 3.32. The molecular weight excluding hydrogens is 207 g/mol. The molecule has 0 aromatic rings. The fourth-order valence-electron chi connectivity index (χ4n) is 2.52. The average molecular weight is 222 g/mol. The molecule has 70 valence electrons. The van der Waals surface area contributed by atoms with E-state index in [-0.39, 0.29) is 0 Å². The standard InChI is InChI=1S/C7H15N2PS2/c8-10(9,11)12-7-4-5-1-2-6(7)3-5/h5-7H,1-4H2,(H4,8,9,11). The first-order valence-electron chi connectivity index (χ1n) is 4.38. The molecule has 0 aromatic carbocycles. The third-order valence-corrected chi connectivity index (χ3v) is 6.76. The molecule has 2 rings (SSSR count). The maximum atomic E-state index is 7.59. The van der Waals surface area contributed by atoms with Crippen LogP contribution >= 0.6 is 29.2 Å². The Hall–Kier alpha value is 0.890. The zero-order valence-electron chi connectivity index (χ0n) is 6.94. The Morgan fingerprint density at radius 2 is 2.17 bits per heavy atom. The number of rotatable bonds is 2. The highest BCUT2D eigenvalue weighted by Crippen LogP contribution is 2.64. The van der Waals surface area contributed by atoms with Crippen LogP contribution in [0.4, 0.5) is 0 Å². The second-order valence-electron chi connectivity index (χ2n) is 3.94. The summed E-state index contributed by atoms with van der Waals surface area (Å²) >= 11 is 5.79. The number of hydrogen-bond donors (Lipinski definition) is 3. The van der Waals surface area contributed by atoms with Crippen LogP contribution < -0.4 is 5.50 Å². The first-order chi connectivity index (χ1) is 5.54. The van der Waals surface area contributed by atoms with Crippen molar-refractivity contribution in [1.82, 2.24) is 0 Å². The number of hydrogen-bond acceptors (Lipinski definition) is 2. The minimum Gasteiger partial charge on any atom is -0.286 e. The van der Waals surface area contributed by atoms with Crippen molar-refractivity contribution in [3.05, 3.63) is 0 Å². The first-order valence-corrected chi connectivity index (χ1v) is 8.88. The van der Waals surface area contributed by atoms with Gasteiger partial charge in [0.25, 0.3) is 0 Å². The topological polar surface area (TPSA) is 49.9 Å². The van der Waals surface area contributed by atoms with Gasteiger partial charge in [-0.2, -0.15) is 0 Å². The Bertz CT molecular complexity index is 227. The maximum Gasteiger partial charge on any atom is 0.129 e. The van der Waals surface area contributed by atoms with E-state index in [2.05, 4.69) is 12.2 Å². The Balaban J connectivity index is 1.95. The second-order valence-corrected chi connectivity index (χ2v) is 11.1. The SMILES string of the molecule is N=P(N)(S)SC1CC2CCC1C2. The lowest BCUT2D eigenvalue weighted by Crippen LogP contribution is -2.12. The number of nitrogens with two attached hydrogens (primary N) is 1. The zero-order valence-corrected chi connectivity index (χ0v) is 9.55. The number of fused-ring (bicyclic) bond motifs is 2. The summed E-state index contributed by atoms with van der Waals surface area (Å²) in [6, 6.07) is 0. The van der Waals surface area contributed by atoms with E-state index in [9.17, 15) is 0 Å². The van der Waals surface area contributed by atoms with Crippen molar-refractivity contribution < 1.29 is 0 Å². The van der Waals surface area contributed by atoms with Crippen LogP contribution in [-0.2, 0) is 0 Å². The molecule has 2 fully saturated rings. The summed E-state index contributed by atoms with van der Waals surface area (Å²) < 4.78 is 0. The molecule has 0 heterocycles. The Kier molecular flexibility index (Phi) is 2.54. The highest BCUT2D eigenvalue weighted by Gasteiger charge is 2.40. The molecule has 4 unspecified atom stereocenters. The summed E-state index contributed by atoms with van der Waals surface area (Å²) in [5.74, 6) is 1.81. The van der Waals surface area contributed by atoms with Gasteiger partial charge in [-0.15, -0.1) is 12.2 Å². The summed E-state index contributed by atoms with van der Waals surface area (Å²) in [7, 11) is 0. The van der Waals surface area contributed by atoms with E-state index in [0.29, 0.717) is 5.25 Å². The van der Waals surface area contributed by atoms with E-state index in [1.807, 2.05) is 0 Å². The molecule has 12 heavy (non-hydrogen) atoms. The third-order valence-electron chi connectivity index (χ3n) is 2.97. The smallest absolute Gasteiger partial charge is 0.129 e. The van der Waals surface area contributed by atoms with Crippen LogP contribution in [0.5, 0.6) is 0 Å². The molecule has 2 nitrogen and oxygen atoms in total. The largest absolute Gasteiger partial charge is 0.286 e. The molecule has 2 bridgehead atoms. The fraction of sp³-hybridized carbons (Fsp3) is 1.00. The van der Waals surface area contributed by atoms with Gasteiger partial charge in [0.15, 0.2) is 0 Å². The highest BCUT2D eigenvalue weighted by atomic mass is 33.1. The van der Waals surface area contributed by atoms with Crippen LogP contribution in [-0.4, -0.2) is 5.25 Å². The Labute approximate surface area is 82.9 Å². The van der Waals surface area contributed by atoms with Gasteiger partial charge < -0.3 is 0 Å². The van der Waals surface area contributed by atoms with Crippen LogP contribution in [0.1, 0.15) is 25.7 Å². The molecular formula is C7H15N2PS2. The molecule has 0 aliphatic heterocycles. The van der Waals surface area contributed by atoms with Gasteiger partial charge in [-0.05, 0) is 31.1 Å². The minimum atomic E-state index is -2.13. The van der Waals surface area contributed by atoms with E-state index in [0.717, 1.165) is 11.8 Å². The number of nitrogens with one attached hydrogen (secondary N) is 1. The van der Waals surface area contributed by atoms with Crippen molar-refractivity contribution in [2.45, 2.75) is 30.9 Å². The van der Waals surface area contributed by atoms with Crippen LogP contribution in [0.3, 0.4) is 0 Å². The third kappa shape index (κ3) is 2.03. The van der Waals surface area contributed by atoms with Crippen molar-refractivity contribution in [3.63, 3.8) is 0 Å². The first kappa shape index (κ1) is 9.45. The van der Waals surface area contributed by atoms with Gasteiger partial charge in [0.1, 0.15) is 5.61 Å². The lowest BCUT2D eigenvalue weighted by Gasteiger charge is -2.23. The molecule has 0 saturated heterocycles. The normalized spacial score (nSPS) is 44.7. The predicted molar refractivity (Wildman–Crippen MR) is 59.6 cm³/mol. The van der Waals surface area contributed by atoms with Gasteiger partial charge in [0, 0.05) is 5.25 Å². The lowest BCUT2D eigenvalue weighted by atomic mass is 10.0. The molecule has 0 aromatic heterocycles. The lowest BCUT2D eigenvalue weighted by molar-refractivity contribution is 0.493. The van der Waals surface area contributed by atoms with Crippen molar-refractivity contribution in [1.29, 1.82) is 5.16 Å². The van der Waals surface area contributed by atoms with E-state index in [1.165, 1.54) is 25.7 Å². The van der Waals surface area contributed by atoms with Gasteiger partial charge in [0.05, 0.1) is 0 Å². The maximum absolute atomic E-state index is 7.59. The summed E-state index contributed by atoms with van der Waals surface area (Å²) in [6.45, 7) is 0. The molecule has 2 saturated carbocycles. The summed E-state index contributed by atoms with van der Waals surface area (Å²) in [5, 5.41) is 8.26. The van der Waals surface area contributed by atoms with Crippen molar-refractivity contribution in [2.24, 2.45) is 17.3 Å². The molecule has 2 aliphatic carbocycles. The van der Waals surface area contributed by atoms with Crippen molar-refractivity contribution in [3.8, 4) is 0 Å². The van der Waals surface area contributed by atoms with Crippen LogP contribution in [0.15, 0.2) is 0 Å². The molecule has 5 heteroatoms. The monoisotopic (exact) mass is 222 g/mol. The second kappa shape index (κ2) is 3.23. The Morgan fingerprint density at radius 1 is 1.42 bits per heavy atom. The summed E-state index contributed by atoms with van der Waals surface area (Å²) in [5.41, 5.74) is 3.52. The quantitative estimate of drug-likeness (QED) is 0.496. The van der Waals surface area contributed by atoms with E-state index >= 15 is 0 Å². The molecule has 0 spiro atoms. The molecule has 3 N–H and O–H groups in total. The minimum absolute atomic E-state index is 0.664. The van der Waals surface area contributed by atoms with Gasteiger partial charge >= 0.3 is 0 Å². The zero-order chi connectivity index (χ0) is 8.77. The summed E-state index contributed by atoms with van der Waals surface area (Å²) in [4.78, 5) is 0. The fourth-order valence-corrected chi connectivity index (χ4v) is 6.82. The van der Waals surface area contributed by atoms with Gasteiger partial charge in [-0.1, -0.05) is 17.8 Å². The van der Waals surface area contributed by atoms with Gasteiger partial charge in [-0.25, -0.2) is 0 Å². The summed E-state index contributed by atoms with van der Waals surface area (Å²) in [6.07, 6.45) is 5.48. The van der Waals surface area contributed by atoms with Gasteiger partial charge in [-0.3, -0.25) is 10.7 Å². The average Bonchev–Trinajstić information content (AvgIpc) is 2.42.